The molecule has 0 bridgehead atoms. The first-order valence-corrected chi connectivity index (χ1v) is 15.8. The second-order valence-electron chi connectivity index (χ2n) is 10.1. The number of halogens is 2. The average molecular weight is 303 g/mol. The van der Waals surface area contributed by atoms with Crippen LogP contribution >= 0.6 is 28.3 Å². The molecular formula is C10H9Cl2FeOP. The summed E-state index contributed by atoms with van der Waals surface area (Å²) in [5.41, 5.74) is 0. The maximum absolute atomic E-state index is 12.5. The van der Waals surface area contributed by atoms with E-state index in [1.165, 1.54) is 33.7 Å². The van der Waals surface area contributed by atoms with E-state index in [0.29, 0.717) is 0 Å². The molecule has 10 heterocycles. The molecule has 0 N–H and O–H groups in total. The molecule has 0 amide bonds. The van der Waals surface area contributed by atoms with Gasteiger partial charge in [-0.3, -0.25) is 0 Å². The molecule has 82 valence electrons. The van der Waals surface area contributed by atoms with E-state index in [4.69, 9.17) is 22.5 Å². The van der Waals surface area contributed by atoms with Gasteiger partial charge in [0.05, 0.1) is 0 Å². The molecule has 15 heavy (non-hydrogen) atoms. The Morgan fingerprint density at radius 2 is 1.27 bits per heavy atom. The van der Waals surface area contributed by atoms with Crippen molar-refractivity contribution in [3.63, 3.8) is 0 Å². The Morgan fingerprint density at radius 1 is 0.867 bits per heavy atom. The minimum absolute atomic E-state index is 0.217. The van der Waals surface area contributed by atoms with Gasteiger partial charge in [0.1, 0.15) is 0 Å². The topological polar surface area (TPSA) is 17.1 Å². The Bertz CT molecular complexity index is 912. The van der Waals surface area contributed by atoms with Crippen molar-refractivity contribution in [1.82, 2.24) is 0 Å². The third-order valence-corrected chi connectivity index (χ3v) is 65.6. The van der Waals surface area contributed by atoms with Crippen molar-refractivity contribution in [1.29, 1.82) is 0 Å². The zero-order valence-corrected chi connectivity index (χ0v) is 11.2. The molecule has 4 unspecified atom stereocenters. The minimum atomic E-state index is -3.21. The van der Waals surface area contributed by atoms with Crippen molar-refractivity contribution in [3.05, 3.63) is 0 Å². The van der Waals surface area contributed by atoms with E-state index in [9.17, 15) is 4.57 Å². The Morgan fingerprint density at radius 3 is 1.33 bits per heavy atom. The first kappa shape index (κ1) is 5.98. The van der Waals surface area contributed by atoms with Crippen LogP contribution in [0.3, 0.4) is 0 Å². The van der Waals surface area contributed by atoms with Gasteiger partial charge in [-0.2, -0.15) is 0 Å². The first-order chi connectivity index (χ1) is 6.80. The third kappa shape index (κ3) is 0.0546. The second kappa shape index (κ2) is 0.432. The van der Waals surface area contributed by atoms with Gasteiger partial charge in [0, 0.05) is 0 Å². The predicted molar refractivity (Wildman–Crippen MR) is 55.8 cm³/mol. The Balaban J connectivity index is 1.89. The molecule has 0 saturated carbocycles. The third-order valence-electron chi connectivity index (χ3n) is 15.0. The normalized spacial score (nSPS) is 135. The van der Waals surface area contributed by atoms with Crippen LogP contribution < -0.4 is 0 Å². The molecule has 0 aliphatic carbocycles. The van der Waals surface area contributed by atoms with E-state index < -0.39 is 12.4 Å². The molecule has 0 aromatic carbocycles. The summed E-state index contributed by atoms with van der Waals surface area (Å²) in [6.07, 6.45) is 0. The van der Waals surface area contributed by atoms with Gasteiger partial charge in [-0.1, -0.05) is 0 Å². The fraction of sp³-hybridized carbons (Fsp3) is 1.00. The zero-order chi connectivity index (χ0) is 9.51. The van der Waals surface area contributed by atoms with Gasteiger partial charge >= 0.3 is 86.8 Å². The predicted octanol–water partition coefficient (Wildman–Crippen LogP) is 4.95. The van der Waals surface area contributed by atoms with Crippen LogP contribution in [0.4, 0.5) is 0 Å². The summed E-state index contributed by atoms with van der Waals surface area (Å²) in [6, 6.07) is 0. The molecule has 10 saturated heterocycles. The van der Waals surface area contributed by atoms with E-state index in [-0.39, 0.29) is 4.05 Å². The Labute approximate surface area is 86.5 Å². The van der Waals surface area contributed by atoms with Gasteiger partial charge in [-0.05, 0) is 0 Å². The van der Waals surface area contributed by atoms with Crippen LogP contribution in [0, 0.1) is 0 Å². The van der Waals surface area contributed by atoms with E-state index >= 15 is 0 Å². The molecule has 1 spiro atoms. The first-order valence-electron chi connectivity index (χ1n) is 6.00. The fourth-order valence-electron chi connectivity index (χ4n) is 16.8. The molecule has 10 fully saturated rings. The number of hydrogen-bond acceptors (Lipinski definition) is 1. The summed E-state index contributed by atoms with van der Waals surface area (Å²) in [5, 5.41) is 0. The monoisotopic (exact) mass is 302 g/mol. The summed E-state index contributed by atoms with van der Waals surface area (Å²) in [6.45, 7) is -3.21. The Hall–Kier alpha value is 1.33. The van der Waals surface area contributed by atoms with Crippen LogP contribution in [0.15, 0.2) is 0 Å². The van der Waals surface area contributed by atoms with Crippen molar-refractivity contribution in [3.8, 4) is 0 Å². The van der Waals surface area contributed by atoms with Gasteiger partial charge in [-0.15, -0.1) is 0 Å². The molecule has 10 rings (SSSR count). The molecule has 5 heteroatoms. The summed E-state index contributed by atoms with van der Waals surface area (Å²) in [4.78, 5) is 10.2. The molecule has 4 atom stereocenters. The zero-order valence-electron chi connectivity index (χ0n) is 7.66. The number of fused-ring (bicyclic) bond motifs is 10. The maximum atomic E-state index is 12.5. The molecule has 10 aliphatic heterocycles. The van der Waals surface area contributed by atoms with Gasteiger partial charge in [0.25, 0.3) is 0 Å². The van der Waals surface area contributed by atoms with Gasteiger partial charge < -0.3 is 0 Å². The summed E-state index contributed by atoms with van der Waals surface area (Å²) < 4.78 is 12.8. The van der Waals surface area contributed by atoms with Crippen LogP contribution in [-0.2, 0) is 11.1 Å². The quantitative estimate of drug-likeness (QED) is 0.494. The SMILES string of the molecule is O=P(Cl)(Cl)[C]12[CH]3[CH]4[CH]5[CH]1[Fe]45321678[CH]2[CH]1[CH]6[CH]7[CH]28. The van der Waals surface area contributed by atoms with Crippen molar-refractivity contribution < 1.29 is 11.1 Å². The summed E-state index contributed by atoms with van der Waals surface area (Å²) >= 11 is 12.6. The van der Waals surface area contributed by atoms with E-state index in [2.05, 4.69) is 0 Å². The molecule has 0 aromatic heterocycles. The van der Waals surface area contributed by atoms with Crippen molar-refractivity contribution in [2.45, 2.75) is 47.4 Å². The summed E-state index contributed by atoms with van der Waals surface area (Å²) in [5.74, 6) is -2.80. The number of hydrogen-bond donors (Lipinski definition) is 0. The van der Waals surface area contributed by atoms with Crippen LogP contribution in [0.1, 0.15) is 0 Å². The van der Waals surface area contributed by atoms with Crippen molar-refractivity contribution >= 4 is 28.3 Å². The van der Waals surface area contributed by atoms with E-state index in [0.717, 1.165) is 9.63 Å². The second-order valence-corrected chi connectivity index (χ2v) is 39.1. The van der Waals surface area contributed by atoms with Crippen LogP contribution in [0.25, 0.3) is 0 Å². The molecule has 0 aromatic rings. The summed E-state index contributed by atoms with van der Waals surface area (Å²) in [7, 11) is 0. The van der Waals surface area contributed by atoms with Gasteiger partial charge in [-0.25, -0.2) is 0 Å². The van der Waals surface area contributed by atoms with Crippen LogP contribution in [0.5, 0.6) is 0 Å². The van der Waals surface area contributed by atoms with Crippen molar-refractivity contribution in [2.75, 3.05) is 0 Å². The van der Waals surface area contributed by atoms with E-state index in [1.807, 2.05) is 0 Å². The fourth-order valence-corrected chi connectivity index (χ4v) is 113. The van der Waals surface area contributed by atoms with Crippen LogP contribution in [-0.4, -0.2) is 4.05 Å². The standard InChI is InChI=1S/C5H4Cl2OP.C5H5.Fe/c6-9(7,8)5-3-1-2-4-5;1-2-4-5-3-1;/h1-4H;1-5H;. The molecule has 1 nitrogen and oxygen atoms in total. The average Bonchev–Trinajstić information content (AvgIpc) is 3.12. The van der Waals surface area contributed by atoms with Gasteiger partial charge in [0.2, 0.25) is 0 Å². The van der Waals surface area contributed by atoms with E-state index in [1.54, 1.807) is 0 Å². The van der Waals surface area contributed by atoms with Gasteiger partial charge in [0.15, 0.2) is 0 Å². The molecular weight excluding hydrogens is 294 g/mol. The molecule has 0 radical (unpaired) electrons. The number of rotatable bonds is 1. The Kier molecular flexibility index (Phi) is 0.172. The van der Waals surface area contributed by atoms with Crippen molar-refractivity contribution in [2.24, 2.45) is 0 Å². The van der Waals surface area contributed by atoms with Crippen LogP contribution in [0.2, 0.25) is 43.3 Å². The molecule has 10 aliphatic rings.